The molecule has 1 aromatic rings. The number of benzene rings is 1. The number of hydrogen-bond donors (Lipinski definition) is 0. The largest absolute Gasteiger partial charge is 0.361 e. The molecule has 0 aliphatic carbocycles. The van der Waals surface area contributed by atoms with Crippen LogP contribution in [0.1, 0.15) is 24.2 Å². The Kier molecular flexibility index (Phi) is 2.81. The molecule has 1 aromatic carbocycles. The molecule has 1 aliphatic rings. The first-order valence-corrected chi connectivity index (χ1v) is 5.42. The zero-order valence-corrected chi connectivity index (χ0v) is 9.49. The predicted octanol–water partition coefficient (Wildman–Crippen LogP) is 2.95. The third-order valence-electron chi connectivity index (χ3n) is 2.57. The number of carbonyl (C=O) groups is 1. The molecule has 15 heavy (non-hydrogen) atoms. The van der Waals surface area contributed by atoms with E-state index >= 15 is 0 Å². The van der Waals surface area contributed by atoms with Gasteiger partial charge in [-0.1, -0.05) is 25.4 Å². The van der Waals surface area contributed by atoms with Crippen LogP contribution >= 0.6 is 11.6 Å². The summed E-state index contributed by atoms with van der Waals surface area (Å²) in [5, 5.41) is 0.642. The van der Waals surface area contributed by atoms with E-state index in [1.807, 2.05) is 0 Å². The van der Waals surface area contributed by atoms with Crippen molar-refractivity contribution in [3.8, 4) is 0 Å². The zero-order valence-electron chi connectivity index (χ0n) is 8.74. The van der Waals surface area contributed by atoms with E-state index in [0.29, 0.717) is 16.5 Å². The first kappa shape index (κ1) is 10.7. The lowest BCUT2D eigenvalue weighted by Crippen LogP contribution is -2.13. The maximum Gasteiger partial charge on any atom is 0.194 e. The molecule has 1 aliphatic heterocycles. The van der Waals surface area contributed by atoms with Crippen molar-refractivity contribution in [2.75, 3.05) is 0 Å². The van der Waals surface area contributed by atoms with Gasteiger partial charge in [-0.2, -0.15) is 0 Å². The maximum atomic E-state index is 11.9. The van der Waals surface area contributed by atoms with Crippen LogP contribution in [0.15, 0.2) is 24.3 Å². The second-order valence-electron chi connectivity index (χ2n) is 4.14. The normalized spacial score (nSPS) is 24.3. The van der Waals surface area contributed by atoms with Crippen LogP contribution in [0.4, 0.5) is 0 Å². The van der Waals surface area contributed by atoms with Crippen LogP contribution in [0.3, 0.4) is 0 Å². The molecule has 1 heterocycles. The van der Waals surface area contributed by atoms with Crippen molar-refractivity contribution in [2.24, 2.45) is 5.92 Å². The molecular weight excluding hydrogens is 212 g/mol. The number of hydrogen-bond acceptors (Lipinski definition) is 2. The van der Waals surface area contributed by atoms with E-state index in [1.54, 1.807) is 24.3 Å². The minimum absolute atomic E-state index is 0.0605. The van der Waals surface area contributed by atoms with Gasteiger partial charge in [-0.15, -0.1) is 0 Å². The highest BCUT2D eigenvalue weighted by atomic mass is 35.5. The number of halogens is 1. The summed E-state index contributed by atoms with van der Waals surface area (Å²) in [7, 11) is 0. The third kappa shape index (κ3) is 2.21. The molecule has 0 radical (unpaired) electrons. The Bertz CT molecular complexity index is 370. The van der Waals surface area contributed by atoms with Gasteiger partial charge >= 0.3 is 0 Å². The smallest absolute Gasteiger partial charge is 0.194 e. The van der Waals surface area contributed by atoms with Gasteiger partial charge in [-0.3, -0.25) is 4.79 Å². The fourth-order valence-electron chi connectivity index (χ4n) is 1.62. The highest BCUT2D eigenvalue weighted by Gasteiger charge is 2.46. The molecule has 0 saturated carbocycles. The molecule has 3 heteroatoms. The second-order valence-corrected chi connectivity index (χ2v) is 4.57. The van der Waals surface area contributed by atoms with E-state index in [0.717, 1.165) is 0 Å². The van der Waals surface area contributed by atoms with Crippen LogP contribution in [0.25, 0.3) is 0 Å². The average molecular weight is 225 g/mol. The van der Waals surface area contributed by atoms with E-state index in [4.69, 9.17) is 16.3 Å². The Labute approximate surface area is 94.2 Å². The first-order valence-electron chi connectivity index (χ1n) is 5.05. The molecule has 80 valence electrons. The Hall–Kier alpha value is -0.860. The molecule has 2 nitrogen and oxygen atoms in total. The summed E-state index contributed by atoms with van der Waals surface area (Å²) in [5.41, 5.74) is 0.674. The lowest BCUT2D eigenvalue weighted by atomic mass is 10.0. The summed E-state index contributed by atoms with van der Waals surface area (Å²) in [4.78, 5) is 11.9. The van der Waals surface area contributed by atoms with Gasteiger partial charge in [0.2, 0.25) is 0 Å². The van der Waals surface area contributed by atoms with Gasteiger partial charge in [0.15, 0.2) is 5.78 Å². The van der Waals surface area contributed by atoms with Gasteiger partial charge in [0, 0.05) is 10.6 Å². The molecule has 0 spiro atoms. The van der Waals surface area contributed by atoms with Gasteiger partial charge in [-0.05, 0) is 30.2 Å². The number of ether oxygens (including phenoxy) is 1. The molecule has 2 unspecified atom stereocenters. The number of carbonyl (C=O) groups excluding carboxylic acids is 1. The lowest BCUT2D eigenvalue weighted by molar-refractivity contribution is 0.0953. The molecule has 0 amide bonds. The van der Waals surface area contributed by atoms with Crippen molar-refractivity contribution < 1.29 is 9.53 Å². The van der Waals surface area contributed by atoms with Gasteiger partial charge in [-0.25, -0.2) is 0 Å². The third-order valence-corrected chi connectivity index (χ3v) is 2.82. The quantitative estimate of drug-likeness (QED) is 0.584. The summed E-state index contributed by atoms with van der Waals surface area (Å²) >= 11 is 5.75. The summed E-state index contributed by atoms with van der Waals surface area (Å²) in [6, 6.07) is 6.93. The number of Topliss-reactive ketones (excluding diaryl/α,β-unsaturated/α-hetero) is 1. The summed E-state index contributed by atoms with van der Waals surface area (Å²) in [5.74, 6) is 0.455. The molecule has 1 saturated heterocycles. The SMILES string of the molecule is CC(C)C1OC1C(=O)c1ccc(Cl)cc1. The Morgan fingerprint density at radius 1 is 1.33 bits per heavy atom. The Balaban J connectivity index is 2.07. The minimum atomic E-state index is -0.244. The fourth-order valence-corrected chi connectivity index (χ4v) is 1.75. The van der Waals surface area contributed by atoms with E-state index in [1.165, 1.54) is 0 Å². The van der Waals surface area contributed by atoms with Crippen LogP contribution in [0.2, 0.25) is 5.02 Å². The molecule has 0 bridgehead atoms. The second kappa shape index (κ2) is 3.95. The van der Waals surface area contributed by atoms with Crippen LogP contribution in [0.5, 0.6) is 0 Å². The van der Waals surface area contributed by atoms with E-state index < -0.39 is 0 Å². The van der Waals surface area contributed by atoms with Crippen molar-refractivity contribution in [3.05, 3.63) is 34.9 Å². The number of rotatable bonds is 3. The monoisotopic (exact) mass is 224 g/mol. The highest BCUT2D eigenvalue weighted by molar-refractivity contribution is 6.30. The van der Waals surface area contributed by atoms with E-state index in [-0.39, 0.29) is 18.0 Å². The predicted molar refractivity (Wildman–Crippen MR) is 59.3 cm³/mol. The van der Waals surface area contributed by atoms with Crippen LogP contribution in [-0.4, -0.2) is 18.0 Å². The van der Waals surface area contributed by atoms with Gasteiger partial charge in [0.1, 0.15) is 6.10 Å². The van der Waals surface area contributed by atoms with Crippen LogP contribution in [0, 0.1) is 5.92 Å². The van der Waals surface area contributed by atoms with Crippen molar-refractivity contribution in [1.82, 2.24) is 0 Å². The Morgan fingerprint density at radius 3 is 2.40 bits per heavy atom. The van der Waals surface area contributed by atoms with E-state index in [2.05, 4.69) is 13.8 Å². The van der Waals surface area contributed by atoms with Crippen LogP contribution < -0.4 is 0 Å². The molecule has 1 fully saturated rings. The van der Waals surface area contributed by atoms with E-state index in [9.17, 15) is 4.79 Å². The van der Waals surface area contributed by atoms with Crippen molar-refractivity contribution >= 4 is 17.4 Å². The van der Waals surface area contributed by atoms with Gasteiger partial charge < -0.3 is 4.74 Å². The van der Waals surface area contributed by atoms with Crippen molar-refractivity contribution in [1.29, 1.82) is 0 Å². The maximum absolute atomic E-state index is 11.9. The van der Waals surface area contributed by atoms with Gasteiger partial charge in [0.05, 0.1) is 6.10 Å². The number of epoxide rings is 1. The number of ketones is 1. The molecule has 2 atom stereocenters. The van der Waals surface area contributed by atoms with Gasteiger partial charge in [0.25, 0.3) is 0 Å². The standard InChI is InChI=1S/C12H13ClO2/c1-7(2)11-12(15-11)10(14)8-3-5-9(13)6-4-8/h3-7,11-12H,1-2H3. The highest BCUT2D eigenvalue weighted by Crippen LogP contribution is 2.32. The summed E-state index contributed by atoms with van der Waals surface area (Å²) in [6.45, 7) is 4.11. The summed E-state index contributed by atoms with van der Waals surface area (Å²) < 4.78 is 5.34. The first-order chi connectivity index (χ1) is 7.09. The molecule has 2 rings (SSSR count). The molecule has 0 N–H and O–H groups in total. The zero-order chi connectivity index (χ0) is 11.0. The molecule has 0 aromatic heterocycles. The minimum Gasteiger partial charge on any atom is -0.361 e. The average Bonchev–Trinajstić information content (AvgIpc) is 2.97. The molecular formula is C12H13ClO2. The van der Waals surface area contributed by atoms with Crippen LogP contribution in [-0.2, 0) is 4.74 Å². The Morgan fingerprint density at radius 2 is 1.93 bits per heavy atom. The summed E-state index contributed by atoms with van der Waals surface area (Å²) in [6.07, 6.45) is -0.153. The topological polar surface area (TPSA) is 29.6 Å². The fraction of sp³-hybridized carbons (Fsp3) is 0.417. The van der Waals surface area contributed by atoms with Crippen molar-refractivity contribution in [3.63, 3.8) is 0 Å². The van der Waals surface area contributed by atoms with Crippen molar-refractivity contribution in [2.45, 2.75) is 26.1 Å². The lowest BCUT2D eigenvalue weighted by Gasteiger charge is -1.99.